The summed E-state index contributed by atoms with van der Waals surface area (Å²) in [5, 5.41) is 4.81. The first kappa shape index (κ1) is 35.2. The molecular formula is C58H40N2. The predicted octanol–water partition coefficient (Wildman–Crippen LogP) is 16.1. The number of benzene rings is 10. The molecule has 282 valence electrons. The van der Waals surface area contributed by atoms with E-state index in [1.807, 2.05) is 0 Å². The molecule has 0 N–H and O–H groups in total. The van der Waals surface area contributed by atoms with E-state index in [1.54, 1.807) is 0 Å². The first-order valence-corrected chi connectivity index (χ1v) is 20.6. The van der Waals surface area contributed by atoms with Crippen LogP contribution in [0.25, 0.3) is 82.8 Å². The molecule has 0 aliphatic carbocycles. The molecule has 0 aliphatic rings. The van der Waals surface area contributed by atoms with Gasteiger partial charge >= 0.3 is 0 Å². The number of rotatable bonds is 8. The fourth-order valence-electron chi connectivity index (χ4n) is 9.04. The lowest BCUT2D eigenvalue weighted by Gasteiger charge is -2.30. The lowest BCUT2D eigenvalue weighted by Crippen LogP contribution is -2.12. The van der Waals surface area contributed by atoms with Gasteiger partial charge in [-0.2, -0.15) is 0 Å². The summed E-state index contributed by atoms with van der Waals surface area (Å²) in [6.07, 6.45) is 0. The van der Waals surface area contributed by atoms with Gasteiger partial charge in [0.25, 0.3) is 0 Å². The topological polar surface area (TPSA) is 8.17 Å². The van der Waals surface area contributed by atoms with E-state index in [0.717, 1.165) is 28.3 Å². The SMILES string of the molecule is c1ccc(-c2ccc(N(c3ccc4c5ccccc5n(-c5cccc(-c6ccccc6)c5-c5ccccc5)c4c3)c3c(-c4ccccc4)ccc4ccccc34)cc2)cc1. The monoisotopic (exact) mass is 764 g/mol. The van der Waals surface area contributed by atoms with Crippen molar-refractivity contribution in [1.29, 1.82) is 0 Å². The maximum atomic E-state index is 2.49. The summed E-state index contributed by atoms with van der Waals surface area (Å²) < 4.78 is 2.49. The van der Waals surface area contributed by atoms with Crippen LogP contribution < -0.4 is 4.90 Å². The van der Waals surface area contributed by atoms with E-state index in [9.17, 15) is 0 Å². The summed E-state index contributed by atoms with van der Waals surface area (Å²) in [5.74, 6) is 0. The van der Waals surface area contributed by atoms with Gasteiger partial charge in [0, 0.05) is 38.7 Å². The molecule has 0 radical (unpaired) electrons. The summed E-state index contributed by atoms with van der Waals surface area (Å²) in [6, 6.07) is 88.0. The largest absolute Gasteiger partial charge is 0.309 e. The highest BCUT2D eigenvalue weighted by atomic mass is 15.1. The van der Waals surface area contributed by atoms with Crippen LogP contribution >= 0.6 is 0 Å². The second-order valence-electron chi connectivity index (χ2n) is 15.3. The Labute approximate surface area is 350 Å². The van der Waals surface area contributed by atoms with Crippen LogP contribution in [0.3, 0.4) is 0 Å². The van der Waals surface area contributed by atoms with Crippen molar-refractivity contribution in [3.63, 3.8) is 0 Å². The van der Waals surface area contributed by atoms with Crippen molar-refractivity contribution in [3.8, 4) is 50.2 Å². The van der Waals surface area contributed by atoms with Gasteiger partial charge in [0.15, 0.2) is 0 Å². The number of nitrogens with zero attached hydrogens (tertiary/aromatic N) is 2. The Morgan fingerprint density at radius 2 is 0.833 bits per heavy atom. The summed E-state index contributed by atoms with van der Waals surface area (Å²) >= 11 is 0. The Morgan fingerprint density at radius 1 is 0.300 bits per heavy atom. The van der Waals surface area contributed by atoms with Crippen molar-refractivity contribution in [1.82, 2.24) is 4.57 Å². The fourth-order valence-corrected chi connectivity index (χ4v) is 9.04. The molecule has 60 heavy (non-hydrogen) atoms. The molecule has 11 rings (SSSR count). The summed E-state index contributed by atoms with van der Waals surface area (Å²) in [7, 11) is 0. The molecule has 1 heterocycles. The number of anilines is 3. The Hall–Kier alpha value is -7.94. The average Bonchev–Trinajstić information content (AvgIpc) is 3.66. The van der Waals surface area contributed by atoms with Gasteiger partial charge in [0.2, 0.25) is 0 Å². The van der Waals surface area contributed by atoms with E-state index in [1.165, 1.54) is 71.6 Å². The maximum Gasteiger partial charge on any atom is 0.0618 e. The third-order valence-electron chi connectivity index (χ3n) is 11.8. The molecule has 0 atom stereocenters. The average molecular weight is 765 g/mol. The number of hydrogen-bond donors (Lipinski definition) is 0. The van der Waals surface area contributed by atoms with E-state index in [-0.39, 0.29) is 0 Å². The van der Waals surface area contributed by atoms with Crippen LogP contribution in [-0.4, -0.2) is 4.57 Å². The molecule has 10 aromatic carbocycles. The molecule has 11 aromatic rings. The Balaban J connectivity index is 1.21. The molecular weight excluding hydrogens is 725 g/mol. The molecule has 2 heteroatoms. The van der Waals surface area contributed by atoms with Gasteiger partial charge in [-0.15, -0.1) is 0 Å². The molecule has 2 nitrogen and oxygen atoms in total. The minimum atomic E-state index is 1.08. The molecule has 1 aromatic heterocycles. The second kappa shape index (κ2) is 15.1. The zero-order valence-electron chi connectivity index (χ0n) is 33.0. The smallest absolute Gasteiger partial charge is 0.0618 e. The van der Waals surface area contributed by atoms with Gasteiger partial charge in [-0.05, 0) is 75.2 Å². The minimum absolute atomic E-state index is 1.08. The van der Waals surface area contributed by atoms with Crippen molar-refractivity contribution in [2.24, 2.45) is 0 Å². The number of para-hydroxylation sites is 1. The second-order valence-corrected chi connectivity index (χ2v) is 15.3. The first-order valence-electron chi connectivity index (χ1n) is 20.6. The van der Waals surface area contributed by atoms with E-state index in [2.05, 4.69) is 252 Å². The maximum absolute atomic E-state index is 2.49. The van der Waals surface area contributed by atoms with E-state index >= 15 is 0 Å². The van der Waals surface area contributed by atoms with Crippen molar-refractivity contribution >= 4 is 49.6 Å². The molecule has 0 spiro atoms. The third kappa shape index (κ3) is 6.14. The van der Waals surface area contributed by atoms with Crippen LogP contribution in [0.15, 0.2) is 243 Å². The van der Waals surface area contributed by atoms with Crippen LogP contribution in [0, 0.1) is 0 Å². The molecule has 0 saturated heterocycles. The Kier molecular flexibility index (Phi) is 8.87. The van der Waals surface area contributed by atoms with Gasteiger partial charge in [0.05, 0.1) is 22.4 Å². The Bertz CT molecular complexity index is 3280. The fraction of sp³-hybridized carbons (Fsp3) is 0. The van der Waals surface area contributed by atoms with Gasteiger partial charge in [0.1, 0.15) is 0 Å². The normalized spacial score (nSPS) is 11.3. The third-order valence-corrected chi connectivity index (χ3v) is 11.8. The van der Waals surface area contributed by atoms with Crippen molar-refractivity contribution in [2.45, 2.75) is 0 Å². The van der Waals surface area contributed by atoms with Gasteiger partial charge in [-0.25, -0.2) is 0 Å². The predicted molar refractivity (Wildman–Crippen MR) is 255 cm³/mol. The van der Waals surface area contributed by atoms with Crippen molar-refractivity contribution in [3.05, 3.63) is 243 Å². The molecule has 0 fully saturated rings. The highest BCUT2D eigenvalue weighted by Gasteiger charge is 2.24. The molecule has 0 amide bonds. The van der Waals surface area contributed by atoms with Crippen LogP contribution in [0.5, 0.6) is 0 Å². The van der Waals surface area contributed by atoms with Gasteiger partial charge < -0.3 is 9.47 Å². The molecule has 0 unspecified atom stereocenters. The van der Waals surface area contributed by atoms with E-state index in [0.29, 0.717) is 0 Å². The highest BCUT2D eigenvalue weighted by Crippen LogP contribution is 2.48. The molecule has 0 bridgehead atoms. The summed E-state index contributed by atoms with van der Waals surface area (Å²) in [5.41, 5.74) is 16.2. The number of fused-ring (bicyclic) bond motifs is 4. The summed E-state index contributed by atoms with van der Waals surface area (Å²) in [6.45, 7) is 0. The quantitative estimate of drug-likeness (QED) is 0.150. The van der Waals surface area contributed by atoms with Gasteiger partial charge in [-0.1, -0.05) is 206 Å². The standard InChI is InChI=1S/C58H40N2/c1-5-18-41(19-6-1)42-32-35-47(36-33-42)59(58-50-27-14-13-24-45(50)34-38-51(58)44-22-9-3-10-23-44)48-37-39-53-52-28-15-16-30-54(52)60(56(53)40-48)55-31-17-29-49(43-20-7-2-8-21-43)57(55)46-25-11-4-12-26-46/h1-40H. The van der Waals surface area contributed by atoms with E-state index in [4.69, 9.17) is 0 Å². The zero-order chi connectivity index (χ0) is 39.8. The lowest BCUT2D eigenvalue weighted by molar-refractivity contribution is 1.18. The lowest BCUT2D eigenvalue weighted by atomic mass is 9.93. The Morgan fingerprint density at radius 3 is 1.53 bits per heavy atom. The first-order chi connectivity index (χ1) is 29.8. The summed E-state index contributed by atoms with van der Waals surface area (Å²) in [4.78, 5) is 2.47. The highest BCUT2D eigenvalue weighted by molar-refractivity contribution is 6.12. The van der Waals surface area contributed by atoms with Crippen molar-refractivity contribution in [2.75, 3.05) is 4.90 Å². The van der Waals surface area contributed by atoms with Crippen LogP contribution in [-0.2, 0) is 0 Å². The van der Waals surface area contributed by atoms with E-state index < -0.39 is 0 Å². The molecule has 0 saturated carbocycles. The van der Waals surface area contributed by atoms with Crippen LogP contribution in [0.4, 0.5) is 17.1 Å². The number of hydrogen-bond acceptors (Lipinski definition) is 1. The zero-order valence-corrected chi connectivity index (χ0v) is 33.0. The van der Waals surface area contributed by atoms with Crippen LogP contribution in [0.2, 0.25) is 0 Å². The van der Waals surface area contributed by atoms with Crippen LogP contribution in [0.1, 0.15) is 0 Å². The molecule has 0 aliphatic heterocycles. The van der Waals surface area contributed by atoms with Gasteiger partial charge in [-0.3, -0.25) is 0 Å². The number of aromatic nitrogens is 1. The van der Waals surface area contributed by atoms with Crippen molar-refractivity contribution < 1.29 is 0 Å². The minimum Gasteiger partial charge on any atom is -0.309 e.